The lowest BCUT2D eigenvalue weighted by atomic mass is 10.0. The molecule has 0 aromatic rings. The molecule has 5 heteroatoms. The van der Waals surface area contributed by atoms with Crippen LogP contribution in [0.4, 0.5) is 0 Å². The SMILES string of the molecule is CC1(CCCCBr)SC(NC2CCCCCC2)=NC1=O. The van der Waals surface area contributed by atoms with Gasteiger partial charge in [0.05, 0.1) is 0 Å². The van der Waals surface area contributed by atoms with Crippen LogP contribution in [-0.4, -0.2) is 27.2 Å². The summed E-state index contributed by atoms with van der Waals surface area (Å²) in [6.45, 7) is 2.04. The molecule has 2 aliphatic rings. The molecule has 1 aliphatic heterocycles. The number of carbonyl (C=O) groups excluding carboxylic acids is 1. The van der Waals surface area contributed by atoms with E-state index in [-0.39, 0.29) is 10.7 Å². The molecular weight excluding hydrogens is 336 g/mol. The van der Waals surface area contributed by atoms with Crippen molar-refractivity contribution in [3.05, 3.63) is 0 Å². The molecule has 0 radical (unpaired) electrons. The van der Waals surface area contributed by atoms with Gasteiger partial charge in [-0.3, -0.25) is 4.79 Å². The summed E-state index contributed by atoms with van der Waals surface area (Å²) in [6, 6.07) is 0.515. The first-order valence-corrected chi connectivity index (χ1v) is 9.72. The number of carbonyl (C=O) groups is 1. The normalized spacial score (nSPS) is 28.3. The topological polar surface area (TPSA) is 41.5 Å². The second kappa shape index (κ2) is 7.83. The number of unbranched alkanes of at least 4 members (excludes halogenated alkanes) is 1. The summed E-state index contributed by atoms with van der Waals surface area (Å²) in [5.41, 5.74) is 0. The Morgan fingerprint density at radius 3 is 2.65 bits per heavy atom. The fourth-order valence-corrected chi connectivity index (χ4v) is 4.42. The maximum atomic E-state index is 12.2. The quantitative estimate of drug-likeness (QED) is 0.452. The van der Waals surface area contributed by atoms with Crippen molar-refractivity contribution in [2.45, 2.75) is 75.5 Å². The summed E-state index contributed by atoms with van der Waals surface area (Å²) >= 11 is 5.09. The minimum absolute atomic E-state index is 0.0493. The number of halogens is 1. The fraction of sp³-hybridized carbons (Fsp3) is 0.867. The third-order valence-electron chi connectivity index (χ3n) is 4.20. The Hall–Kier alpha value is -0.0300. The highest BCUT2D eigenvalue weighted by molar-refractivity contribution is 9.09. The molecule has 0 saturated heterocycles. The summed E-state index contributed by atoms with van der Waals surface area (Å²) in [7, 11) is 0. The highest BCUT2D eigenvalue weighted by Crippen LogP contribution is 2.37. The van der Waals surface area contributed by atoms with Crippen molar-refractivity contribution in [1.29, 1.82) is 0 Å². The molecule has 0 aromatic heterocycles. The molecule has 1 unspecified atom stereocenters. The number of hydrogen-bond acceptors (Lipinski definition) is 3. The third-order valence-corrected chi connectivity index (χ3v) is 5.99. The van der Waals surface area contributed by atoms with E-state index in [1.54, 1.807) is 11.8 Å². The number of alkyl halides is 1. The van der Waals surface area contributed by atoms with Crippen molar-refractivity contribution in [1.82, 2.24) is 5.32 Å². The molecule has 1 N–H and O–H groups in total. The first-order chi connectivity index (χ1) is 9.64. The van der Waals surface area contributed by atoms with Gasteiger partial charge in [0.15, 0.2) is 5.17 Å². The van der Waals surface area contributed by atoms with Crippen LogP contribution >= 0.6 is 27.7 Å². The number of nitrogens with zero attached hydrogens (tertiary/aromatic N) is 1. The minimum atomic E-state index is -0.338. The Kier molecular flexibility index (Phi) is 6.40. The molecule has 114 valence electrons. The summed E-state index contributed by atoms with van der Waals surface area (Å²) in [5.74, 6) is 0.0493. The van der Waals surface area contributed by atoms with Crippen LogP contribution in [0.2, 0.25) is 0 Å². The molecule has 2 rings (SSSR count). The Labute approximate surface area is 134 Å². The van der Waals surface area contributed by atoms with Gasteiger partial charge in [-0.05, 0) is 32.6 Å². The van der Waals surface area contributed by atoms with Crippen molar-refractivity contribution in [2.24, 2.45) is 4.99 Å². The maximum absolute atomic E-state index is 12.2. The molecule has 0 aromatic carbocycles. The molecule has 20 heavy (non-hydrogen) atoms. The highest BCUT2D eigenvalue weighted by atomic mass is 79.9. The van der Waals surface area contributed by atoms with E-state index in [0.717, 1.165) is 29.8 Å². The average molecular weight is 361 g/mol. The smallest absolute Gasteiger partial charge is 0.264 e. The lowest BCUT2D eigenvalue weighted by Gasteiger charge is -2.21. The minimum Gasteiger partial charge on any atom is -0.362 e. The first-order valence-electron chi connectivity index (χ1n) is 7.79. The van der Waals surface area contributed by atoms with E-state index < -0.39 is 0 Å². The monoisotopic (exact) mass is 360 g/mol. The fourth-order valence-electron chi connectivity index (χ4n) is 2.87. The zero-order valence-corrected chi connectivity index (χ0v) is 14.7. The van der Waals surface area contributed by atoms with Gasteiger partial charge in [0.25, 0.3) is 5.91 Å². The van der Waals surface area contributed by atoms with Crippen LogP contribution < -0.4 is 5.32 Å². The van der Waals surface area contributed by atoms with Gasteiger partial charge in [-0.2, -0.15) is 4.99 Å². The van der Waals surface area contributed by atoms with Gasteiger partial charge in [0.2, 0.25) is 0 Å². The lowest BCUT2D eigenvalue weighted by molar-refractivity contribution is -0.119. The lowest BCUT2D eigenvalue weighted by Crippen LogP contribution is -2.33. The standard InChI is InChI=1S/C15H25BrN2OS/c1-15(10-6-7-11-16)13(19)18-14(20-15)17-12-8-4-2-3-5-9-12/h12H,2-11H2,1H3,(H,17,18,19). The first kappa shape index (κ1) is 16.3. The largest absolute Gasteiger partial charge is 0.362 e. The van der Waals surface area contributed by atoms with Crippen LogP contribution in [0.1, 0.15) is 64.7 Å². The number of rotatable bonds is 5. The van der Waals surface area contributed by atoms with Gasteiger partial charge in [-0.1, -0.05) is 59.8 Å². The van der Waals surface area contributed by atoms with Crippen LogP contribution in [0, 0.1) is 0 Å². The molecule has 1 amide bonds. The summed E-state index contributed by atoms with van der Waals surface area (Å²) < 4.78 is -0.338. The van der Waals surface area contributed by atoms with Crippen LogP contribution in [0.25, 0.3) is 0 Å². The van der Waals surface area contributed by atoms with E-state index in [1.165, 1.54) is 38.5 Å². The zero-order valence-electron chi connectivity index (χ0n) is 12.3. The van der Waals surface area contributed by atoms with Crippen molar-refractivity contribution in [3.8, 4) is 0 Å². The summed E-state index contributed by atoms with van der Waals surface area (Å²) in [4.78, 5) is 16.4. The van der Waals surface area contributed by atoms with E-state index in [0.29, 0.717) is 6.04 Å². The number of amides is 1. The summed E-state index contributed by atoms with van der Waals surface area (Å²) in [6.07, 6.45) is 10.8. The number of nitrogens with one attached hydrogen (secondary N) is 1. The molecule has 1 heterocycles. The van der Waals surface area contributed by atoms with Crippen molar-refractivity contribution in [3.63, 3.8) is 0 Å². The molecule has 3 nitrogen and oxygen atoms in total. The summed E-state index contributed by atoms with van der Waals surface area (Å²) in [5, 5.41) is 5.39. The second-order valence-corrected chi connectivity index (χ2v) is 8.32. The Morgan fingerprint density at radius 2 is 2.00 bits per heavy atom. The van der Waals surface area contributed by atoms with E-state index >= 15 is 0 Å². The van der Waals surface area contributed by atoms with Crippen molar-refractivity contribution < 1.29 is 4.79 Å². The number of amidine groups is 1. The van der Waals surface area contributed by atoms with E-state index in [4.69, 9.17) is 0 Å². The second-order valence-electron chi connectivity index (χ2n) is 6.03. The molecule has 0 bridgehead atoms. The predicted octanol–water partition coefficient (Wildman–Crippen LogP) is 4.25. The number of aliphatic imine (C=N–C) groups is 1. The Balaban J connectivity index is 1.84. The molecule has 1 fully saturated rings. The van der Waals surface area contributed by atoms with Crippen LogP contribution in [0.3, 0.4) is 0 Å². The van der Waals surface area contributed by atoms with Crippen LogP contribution in [0.5, 0.6) is 0 Å². The van der Waals surface area contributed by atoms with E-state index in [9.17, 15) is 4.79 Å². The highest BCUT2D eigenvalue weighted by Gasteiger charge is 2.40. The average Bonchev–Trinajstić information content (AvgIpc) is 2.60. The van der Waals surface area contributed by atoms with Crippen molar-refractivity contribution >= 4 is 38.8 Å². The number of thioether (sulfide) groups is 1. The molecule has 0 spiro atoms. The van der Waals surface area contributed by atoms with E-state index in [2.05, 4.69) is 26.2 Å². The van der Waals surface area contributed by atoms with Gasteiger partial charge in [-0.25, -0.2) is 0 Å². The van der Waals surface area contributed by atoms with E-state index in [1.807, 2.05) is 6.92 Å². The Morgan fingerprint density at radius 1 is 1.30 bits per heavy atom. The van der Waals surface area contributed by atoms with Gasteiger partial charge in [-0.15, -0.1) is 0 Å². The van der Waals surface area contributed by atoms with Crippen molar-refractivity contribution in [2.75, 3.05) is 5.33 Å². The molecule has 1 aliphatic carbocycles. The predicted molar refractivity (Wildman–Crippen MR) is 90.7 cm³/mol. The zero-order chi connectivity index (χ0) is 14.4. The number of hydrogen-bond donors (Lipinski definition) is 1. The van der Waals surface area contributed by atoms with Crippen LogP contribution in [-0.2, 0) is 4.79 Å². The van der Waals surface area contributed by atoms with Gasteiger partial charge in [0, 0.05) is 11.4 Å². The third kappa shape index (κ3) is 4.48. The molecule has 1 atom stereocenters. The van der Waals surface area contributed by atoms with Gasteiger partial charge < -0.3 is 5.32 Å². The Bertz CT molecular complexity index is 367. The van der Waals surface area contributed by atoms with Gasteiger partial charge in [0.1, 0.15) is 4.75 Å². The van der Waals surface area contributed by atoms with Gasteiger partial charge >= 0.3 is 0 Å². The molecule has 1 saturated carbocycles. The maximum Gasteiger partial charge on any atom is 0.264 e. The molecular formula is C15H25BrN2OS. The van der Waals surface area contributed by atoms with Crippen LogP contribution in [0.15, 0.2) is 4.99 Å².